The number of aliphatic hydroxyl groups excluding tert-OH is 1. The number of nitrogens with zero attached hydrogens (tertiary/aromatic N) is 1. The van der Waals surface area contributed by atoms with Crippen LogP contribution in [0.1, 0.15) is 51.4 Å². The molecule has 2 aliphatic rings. The minimum atomic E-state index is 0.0955. The van der Waals surface area contributed by atoms with Crippen LogP contribution in [0.3, 0.4) is 0 Å². The van der Waals surface area contributed by atoms with Crippen molar-refractivity contribution in [2.24, 2.45) is 11.1 Å². The van der Waals surface area contributed by atoms with E-state index < -0.39 is 0 Å². The van der Waals surface area contributed by atoms with Gasteiger partial charge in [-0.15, -0.1) is 0 Å². The van der Waals surface area contributed by atoms with E-state index in [4.69, 9.17) is 10.8 Å². The van der Waals surface area contributed by atoms with Crippen LogP contribution in [0.5, 0.6) is 0 Å². The van der Waals surface area contributed by atoms with Gasteiger partial charge in [0.1, 0.15) is 0 Å². The second-order valence-electron chi connectivity index (χ2n) is 5.98. The third-order valence-electron chi connectivity index (χ3n) is 4.77. The molecule has 0 bridgehead atoms. The van der Waals surface area contributed by atoms with Gasteiger partial charge in [0, 0.05) is 25.6 Å². The molecule has 0 spiro atoms. The van der Waals surface area contributed by atoms with Gasteiger partial charge in [0.15, 0.2) is 0 Å². The maximum atomic E-state index is 12.4. The van der Waals surface area contributed by atoms with Crippen LogP contribution in [0.15, 0.2) is 0 Å². The van der Waals surface area contributed by atoms with E-state index >= 15 is 0 Å². The molecular weight excluding hydrogens is 228 g/mol. The largest absolute Gasteiger partial charge is 0.396 e. The highest BCUT2D eigenvalue weighted by atomic mass is 16.3. The van der Waals surface area contributed by atoms with E-state index in [-0.39, 0.29) is 17.9 Å². The number of aliphatic hydroxyl groups is 1. The number of rotatable bonds is 7. The summed E-state index contributed by atoms with van der Waals surface area (Å²) in [6.07, 6.45) is 8.23. The first-order valence-corrected chi connectivity index (χ1v) is 7.31. The van der Waals surface area contributed by atoms with Gasteiger partial charge < -0.3 is 15.7 Å². The molecule has 4 nitrogen and oxygen atoms in total. The highest BCUT2D eigenvalue weighted by Crippen LogP contribution is 2.43. The van der Waals surface area contributed by atoms with Crippen molar-refractivity contribution >= 4 is 5.91 Å². The molecule has 2 saturated carbocycles. The van der Waals surface area contributed by atoms with Crippen molar-refractivity contribution in [3.63, 3.8) is 0 Å². The molecule has 3 N–H and O–H groups in total. The molecule has 2 fully saturated rings. The average Bonchev–Trinajstić information content (AvgIpc) is 2.26. The fourth-order valence-electron chi connectivity index (χ4n) is 3.00. The maximum absolute atomic E-state index is 12.4. The first-order valence-electron chi connectivity index (χ1n) is 7.31. The van der Waals surface area contributed by atoms with Crippen molar-refractivity contribution in [1.82, 2.24) is 4.90 Å². The van der Waals surface area contributed by atoms with E-state index in [1.807, 2.05) is 4.90 Å². The Kier molecular flexibility index (Phi) is 4.62. The van der Waals surface area contributed by atoms with E-state index in [0.717, 1.165) is 25.7 Å². The topological polar surface area (TPSA) is 66.6 Å². The summed E-state index contributed by atoms with van der Waals surface area (Å²) in [7, 11) is 0. The second kappa shape index (κ2) is 6.02. The normalized spacial score (nSPS) is 22.1. The molecule has 0 heterocycles. The summed E-state index contributed by atoms with van der Waals surface area (Å²) in [5, 5.41) is 8.95. The molecule has 0 saturated heterocycles. The van der Waals surface area contributed by atoms with Crippen molar-refractivity contribution in [1.29, 1.82) is 0 Å². The van der Waals surface area contributed by atoms with E-state index in [2.05, 4.69) is 0 Å². The first kappa shape index (κ1) is 13.8. The zero-order valence-corrected chi connectivity index (χ0v) is 11.2. The number of amides is 1. The van der Waals surface area contributed by atoms with Gasteiger partial charge >= 0.3 is 0 Å². The Balaban J connectivity index is 1.89. The molecule has 4 heteroatoms. The van der Waals surface area contributed by atoms with Crippen LogP contribution < -0.4 is 5.73 Å². The Bertz CT molecular complexity index is 280. The zero-order valence-electron chi connectivity index (χ0n) is 11.2. The fourth-order valence-corrected chi connectivity index (χ4v) is 3.00. The van der Waals surface area contributed by atoms with Crippen molar-refractivity contribution in [3.05, 3.63) is 0 Å². The lowest BCUT2D eigenvalue weighted by molar-refractivity contribution is -0.139. The molecule has 0 aromatic carbocycles. The molecule has 1 amide bonds. The molecule has 0 atom stereocenters. The number of carbonyl (C=O) groups is 1. The second-order valence-corrected chi connectivity index (χ2v) is 5.98. The summed E-state index contributed by atoms with van der Waals surface area (Å²) in [4.78, 5) is 14.4. The third kappa shape index (κ3) is 2.86. The highest BCUT2D eigenvalue weighted by molar-refractivity contribution is 5.77. The summed E-state index contributed by atoms with van der Waals surface area (Å²) >= 11 is 0. The Morgan fingerprint density at radius 1 is 1.33 bits per heavy atom. The quantitative estimate of drug-likeness (QED) is 0.719. The van der Waals surface area contributed by atoms with Crippen molar-refractivity contribution in [2.75, 3.05) is 19.7 Å². The van der Waals surface area contributed by atoms with Crippen molar-refractivity contribution in [3.8, 4) is 0 Å². The van der Waals surface area contributed by atoms with Gasteiger partial charge in [-0.2, -0.15) is 0 Å². The van der Waals surface area contributed by atoms with E-state index in [9.17, 15) is 4.79 Å². The fraction of sp³-hybridized carbons (Fsp3) is 0.929. The molecule has 0 radical (unpaired) electrons. The van der Waals surface area contributed by atoms with E-state index in [1.54, 1.807) is 0 Å². The van der Waals surface area contributed by atoms with Gasteiger partial charge in [0.05, 0.1) is 0 Å². The van der Waals surface area contributed by atoms with Gasteiger partial charge in [-0.3, -0.25) is 4.79 Å². The van der Waals surface area contributed by atoms with Crippen LogP contribution in [-0.4, -0.2) is 41.7 Å². The van der Waals surface area contributed by atoms with Crippen LogP contribution in [-0.2, 0) is 4.79 Å². The maximum Gasteiger partial charge on any atom is 0.223 e. The van der Waals surface area contributed by atoms with Crippen LogP contribution in [0.2, 0.25) is 0 Å². The SMILES string of the molecule is NCC1(CC(=O)N(CCCO)C2CCC2)CCC1. The minimum absolute atomic E-state index is 0.0955. The van der Waals surface area contributed by atoms with Crippen LogP contribution in [0, 0.1) is 5.41 Å². The predicted molar refractivity (Wildman–Crippen MR) is 71.0 cm³/mol. The molecule has 0 aliphatic heterocycles. The third-order valence-corrected chi connectivity index (χ3v) is 4.77. The van der Waals surface area contributed by atoms with Crippen LogP contribution in [0.4, 0.5) is 0 Å². The number of hydrogen-bond donors (Lipinski definition) is 2. The molecule has 2 rings (SSSR count). The van der Waals surface area contributed by atoms with Crippen molar-refractivity contribution < 1.29 is 9.90 Å². The molecule has 18 heavy (non-hydrogen) atoms. The van der Waals surface area contributed by atoms with Gasteiger partial charge in [-0.25, -0.2) is 0 Å². The predicted octanol–water partition coefficient (Wildman–Crippen LogP) is 1.27. The Hall–Kier alpha value is -0.610. The smallest absolute Gasteiger partial charge is 0.223 e. The van der Waals surface area contributed by atoms with Gasteiger partial charge in [-0.1, -0.05) is 6.42 Å². The number of carbonyl (C=O) groups excluding carboxylic acids is 1. The number of hydrogen-bond acceptors (Lipinski definition) is 3. The number of nitrogens with two attached hydrogens (primary N) is 1. The van der Waals surface area contributed by atoms with Gasteiger partial charge in [0.2, 0.25) is 5.91 Å². The summed E-state index contributed by atoms with van der Waals surface area (Å²) in [6, 6.07) is 0.430. The Labute approximate surface area is 110 Å². The van der Waals surface area contributed by atoms with E-state index in [0.29, 0.717) is 32.0 Å². The average molecular weight is 254 g/mol. The summed E-state index contributed by atoms with van der Waals surface area (Å²) in [6.45, 7) is 1.51. The molecule has 0 aromatic heterocycles. The van der Waals surface area contributed by atoms with Crippen molar-refractivity contribution in [2.45, 2.75) is 57.4 Å². The van der Waals surface area contributed by atoms with Crippen LogP contribution >= 0.6 is 0 Å². The molecule has 0 aromatic rings. The molecular formula is C14H26N2O2. The summed E-state index contributed by atoms with van der Waals surface area (Å²) in [5.41, 5.74) is 5.92. The lowest BCUT2D eigenvalue weighted by Crippen LogP contribution is -2.49. The lowest BCUT2D eigenvalue weighted by Gasteiger charge is -2.44. The Morgan fingerprint density at radius 3 is 2.44 bits per heavy atom. The Morgan fingerprint density at radius 2 is 2.06 bits per heavy atom. The summed E-state index contributed by atoms with van der Waals surface area (Å²) in [5.74, 6) is 0.262. The zero-order chi connectivity index (χ0) is 13.0. The molecule has 2 aliphatic carbocycles. The first-order chi connectivity index (χ1) is 8.71. The molecule has 104 valence electrons. The van der Waals surface area contributed by atoms with Gasteiger partial charge in [-0.05, 0) is 50.5 Å². The standard InChI is InChI=1S/C14H26N2O2/c15-11-14(6-2-7-14)10-13(18)16(8-3-9-17)12-4-1-5-12/h12,17H,1-11,15H2. The summed E-state index contributed by atoms with van der Waals surface area (Å²) < 4.78 is 0. The molecule has 0 unspecified atom stereocenters. The van der Waals surface area contributed by atoms with Crippen LogP contribution in [0.25, 0.3) is 0 Å². The minimum Gasteiger partial charge on any atom is -0.396 e. The highest BCUT2D eigenvalue weighted by Gasteiger charge is 2.40. The lowest BCUT2D eigenvalue weighted by atomic mass is 9.66. The van der Waals surface area contributed by atoms with E-state index in [1.165, 1.54) is 12.8 Å². The monoisotopic (exact) mass is 254 g/mol. The van der Waals surface area contributed by atoms with Gasteiger partial charge in [0.25, 0.3) is 0 Å².